The van der Waals surface area contributed by atoms with E-state index in [1.165, 1.54) is 43.6 Å². The molecule has 2 heterocycles. The molecule has 0 bridgehead atoms. The number of hydrogen-bond acceptors (Lipinski definition) is 8. The van der Waals surface area contributed by atoms with Crippen LogP contribution in [0.15, 0.2) is 41.1 Å². The zero-order chi connectivity index (χ0) is 22.5. The number of esters is 1. The number of carbonyl (C=O) groups excluding carboxylic acids is 2. The Morgan fingerprint density at radius 2 is 1.84 bits per heavy atom. The Morgan fingerprint density at radius 3 is 2.48 bits per heavy atom. The Labute approximate surface area is 177 Å². The van der Waals surface area contributed by atoms with E-state index in [2.05, 4.69) is 20.4 Å². The molecule has 1 N–H and O–H groups in total. The summed E-state index contributed by atoms with van der Waals surface area (Å²) in [5.74, 6) is -1.44. The van der Waals surface area contributed by atoms with Gasteiger partial charge in [0, 0.05) is 17.8 Å². The topological polar surface area (TPSA) is 116 Å². The lowest BCUT2D eigenvalue weighted by molar-refractivity contribution is -0.137. The fourth-order valence-electron chi connectivity index (χ4n) is 2.52. The molecule has 1 atom stereocenters. The number of pyridine rings is 1. The van der Waals surface area contributed by atoms with Gasteiger partial charge in [-0.3, -0.25) is 9.59 Å². The van der Waals surface area contributed by atoms with Crippen LogP contribution in [0.4, 0.5) is 4.39 Å². The zero-order valence-electron chi connectivity index (χ0n) is 17.4. The van der Waals surface area contributed by atoms with E-state index in [9.17, 15) is 14.0 Å². The second-order valence-corrected chi connectivity index (χ2v) is 6.93. The van der Waals surface area contributed by atoms with E-state index in [0.29, 0.717) is 5.56 Å². The van der Waals surface area contributed by atoms with Gasteiger partial charge in [0.1, 0.15) is 5.82 Å². The van der Waals surface area contributed by atoms with Crippen molar-refractivity contribution >= 4 is 11.9 Å². The molecule has 10 heteroatoms. The maximum atomic E-state index is 13.1. The monoisotopic (exact) mass is 428 g/mol. The standard InChI is InChI=1S/C21H21FN4O5/c1-11(2)21(28)30-17-15(29-4)9-10-23-16(17)19(27)24-12(3)18-25-20(31-26-18)13-5-7-14(22)8-6-13/h5-12H,1-4H3,(H,24,27)/t12-/m0/s1. The van der Waals surface area contributed by atoms with E-state index in [1.807, 2.05) is 0 Å². The summed E-state index contributed by atoms with van der Waals surface area (Å²) in [4.78, 5) is 33.2. The first-order valence-corrected chi connectivity index (χ1v) is 9.45. The summed E-state index contributed by atoms with van der Waals surface area (Å²) in [5.41, 5.74) is 0.415. The van der Waals surface area contributed by atoms with Gasteiger partial charge in [0.2, 0.25) is 5.75 Å². The number of ether oxygens (including phenoxy) is 2. The van der Waals surface area contributed by atoms with Crippen LogP contribution in [0.25, 0.3) is 11.5 Å². The molecule has 0 aliphatic carbocycles. The number of benzene rings is 1. The van der Waals surface area contributed by atoms with E-state index in [0.717, 1.165) is 0 Å². The lowest BCUT2D eigenvalue weighted by Gasteiger charge is -2.15. The average Bonchev–Trinajstić information content (AvgIpc) is 3.24. The molecule has 31 heavy (non-hydrogen) atoms. The van der Waals surface area contributed by atoms with Crippen LogP contribution in [0, 0.1) is 11.7 Å². The molecule has 0 spiro atoms. The van der Waals surface area contributed by atoms with Gasteiger partial charge < -0.3 is 19.3 Å². The van der Waals surface area contributed by atoms with Crippen molar-refractivity contribution in [1.29, 1.82) is 0 Å². The Kier molecular flexibility index (Phi) is 6.58. The van der Waals surface area contributed by atoms with Crippen molar-refractivity contribution < 1.29 is 28.0 Å². The highest BCUT2D eigenvalue weighted by Gasteiger charge is 2.25. The van der Waals surface area contributed by atoms with Gasteiger partial charge in [-0.25, -0.2) is 9.37 Å². The van der Waals surface area contributed by atoms with E-state index >= 15 is 0 Å². The third-order valence-corrected chi connectivity index (χ3v) is 4.25. The minimum atomic E-state index is -0.660. The summed E-state index contributed by atoms with van der Waals surface area (Å²) in [6.07, 6.45) is 1.37. The average molecular weight is 428 g/mol. The fraction of sp³-hybridized carbons (Fsp3) is 0.286. The van der Waals surface area contributed by atoms with E-state index in [-0.39, 0.29) is 34.7 Å². The molecule has 1 aromatic carbocycles. The number of methoxy groups -OCH3 is 1. The van der Waals surface area contributed by atoms with Crippen LogP contribution >= 0.6 is 0 Å². The summed E-state index contributed by atoms with van der Waals surface area (Å²) in [6.45, 7) is 4.99. The highest BCUT2D eigenvalue weighted by atomic mass is 19.1. The first-order valence-electron chi connectivity index (χ1n) is 9.45. The quantitative estimate of drug-likeness (QED) is 0.570. The maximum absolute atomic E-state index is 13.1. The van der Waals surface area contributed by atoms with Crippen LogP contribution in [-0.2, 0) is 4.79 Å². The summed E-state index contributed by atoms with van der Waals surface area (Å²) < 4.78 is 28.8. The number of hydrogen-bond donors (Lipinski definition) is 1. The third kappa shape index (κ3) is 5.03. The number of aromatic nitrogens is 3. The van der Waals surface area contributed by atoms with E-state index in [1.54, 1.807) is 20.8 Å². The highest BCUT2D eigenvalue weighted by molar-refractivity contribution is 5.96. The molecule has 0 fully saturated rings. The van der Waals surface area contributed by atoms with E-state index in [4.69, 9.17) is 14.0 Å². The van der Waals surface area contributed by atoms with Crippen LogP contribution in [0.5, 0.6) is 11.5 Å². The summed E-state index contributed by atoms with van der Waals surface area (Å²) >= 11 is 0. The lowest BCUT2D eigenvalue weighted by atomic mass is 10.2. The van der Waals surface area contributed by atoms with Crippen LogP contribution in [-0.4, -0.2) is 34.1 Å². The van der Waals surface area contributed by atoms with Crippen LogP contribution < -0.4 is 14.8 Å². The maximum Gasteiger partial charge on any atom is 0.313 e. The normalized spacial score (nSPS) is 11.8. The molecular formula is C21H21FN4O5. The Bertz CT molecular complexity index is 1080. The molecular weight excluding hydrogens is 407 g/mol. The predicted molar refractivity (Wildman–Crippen MR) is 107 cm³/mol. The Balaban J connectivity index is 1.80. The molecule has 9 nitrogen and oxygen atoms in total. The molecule has 3 aromatic rings. The molecule has 0 saturated heterocycles. The molecule has 0 aliphatic rings. The molecule has 0 radical (unpaired) electrons. The number of halogens is 1. The minimum Gasteiger partial charge on any atom is -0.493 e. The first kappa shape index (κ1) is 21.9. The van der Waals surface area contributed by atoms with Crippen LogP contribution in [0.3, 0.4) is 0 Å². The van der Waals surface area contributed by atoms with Crippen molar-refractivity contribution in [3.63, 3.8) is 0 Å². The molecule has 2 aromatic heterocycles. The van der Waals surface area contributed by atoms with Gasteiger partial charge in [-0.1, -0.05) is 19.0 Å². The fourth-order valence-corrected chi connectivity index (χ4v) is 2.52. The van der Waals surface area contributed by atoms with Gasteiger partial charge in [0.25, 0.3) is 11.8 Å². The van der Waals surface area contributed by atoms with Crippen LogP contribution in [0.2, 0.25) is 0 Å². The van der Waals surface area contributed by atoms with Gasteiger partial charge in [-0.05, 0) is 31.2 Å². The largest absolute Gasteiger partial charge is 0.493 e. The minimum absolute atomic E-state index is 0.0755. The summed E-state index contributed by atoms with van der Waals surface area (Å²) in [7, 11) is 1.39. The summed E-state index contributed by atoms with van der Waals surface area (Å²) in [6, 6.07) is 6.39. The predicted octanol–water partition coefficient (Wildman–Crippen LogP) is 3.33. The number of nitrogens with zero attached hydrogens (tertiary/aromatic N) is 3. The number of amides is 1. The van der Waals surface area contributed by atoms with Gasteiger partial charge in [0.05, 0.1) is 19.1 Å². The SMILES string of the molecule is COc1ccnc(C(=O)N[C@@H](C)c2noc(-c3ccc(F)cc3)n2)c1OC(=O)C(C)C. The van der Waals surface area contributed by atoms with Gasteiger partial charge >= 0.3 is 5.97 Å². The number of nitrogens with one attached hydrogen (secondary N) is 1. The second-order valence-electron chi connectivity index (χ2n) is 6.93. The number of carbonyl (C=O) groups is 2. The van der Waals surface area contributed by atoms with Gasteiger partial charge in [0.15, 0.2) is 17.3 Å². The Morgan fingerprint density at radius 1 is 1.13 bits per heavy atom. The van der Waals surface area contributed by atoms with Crippen molar-refractivity contribution in [1.82, 2.24) is 20.4 Å². The second kappa shape index (κ2) is 9.33. The molecule has 0 saturated carbocycles. The highest BCUT2D eigenvalue weighted by Crippen LogP contribution is 2.30. The van der Waals surface area contributed by atoms with Crippen molar-refractivity contribution in [3.8, 4) is 23.0 Å². The molecule has 0 aliphatic heterocycles. The van der Waals surface area contributed by atoms with Crippen LogP contribution in [0.1, 0.15) is 43.1 Å². The molecule has 1 amide bonds. The molecule has 162 valence electrons. The third-order valence-electron chi connectivity index (χ3n) is 4.25. The van der Waals surface area contributed by atoms with Crippen molar-refractivity contribution in [2.75, 3.05) is 7.11 Å². The lowest BCUT2D eigenvalue weighted by Crippen LogP contribution is -2.29. The van der Waals surface area contributed by atoms with Crippen molar-refractivity contribution in [2.45, 2.75) is 26.8 Å². The number of rotatable bonds is 7. The van der Waals surface area contributed by atoms with Gasteiger partial charge in [-0.2, -0.15) is 4.98 Å². The van der Waals surface area contributed by atoms with Gasteiger partial charge in [-0.15, -0.1) is 0 Å². The van der Waals surface area contributed by atoms with Crippen molar-refractivity contribution in [2.24, 2.45) is 5.92 Å². The Hall–Kier alpha value is -3.82. The van der Waals surface area contributed by atoms with E-state index < -0.39 is 23.8 Å². The smallest absolute Gasteiger partial charge is 0.313 e. The first-order chi connectivity index (χ1) is 14.8. The zero-order valence-corrected chi connectivity index (χ0v) is 17.4. The molecule has 0 unspecified atom stereocenters. The van der Waals surface area contributed by atoms with Crippen molar-refractivity contribution in [3.05, 3.63) is 53.9 Å². The molecule has 3 rings (SSSR count). The summed E-state index contributed by atoms with van der Waals surface area (Å²) in [5, 5.41) is 6.55.